The van der Waals surface area contributed by atoms with Crippen LogP contribution in [0.5, 0.6) is 5.75 Å². The van der Waals surface area contributed by atoms with E-state index in [0.29, 0.717) is 6.61 Å². The fourth-order valence-electron chi connectivity index (χ4n) is 2.43. The van der Waals surface area contributed by atoms with Gasteiger partial charge in [0, 0.05) is 17.6 Å². The number of benzene rings is 2. The standard InChI is InChI=1S/C19H22N4O.BrH/c1-14-5-4-6-15(11-14)22-19-17-12-16(24-10-9-23(2)3)7-8-18(17)20-13-21-19;/h4-8,11-13H,9-10H2,1-3H3,(H,20,21,22);1H. The first-order chi connectivity index (χ1) is 11.6. The average Bonchev–Trinajstić information content (AvgIpc) is 2.55. The van der Waals surface area contributed by atoms with E-state index in [1.54, 1.807) is 6.33 Å². The van der Waals surface area contributed by atoms with Crippen molar-refractivity contribution in [2.75, 3.05) is 32.6 Å². The minimum absolute atomic E-state index is 0. The van der Waals surface area contributed by atoms with Gasteiger partial charge in [-0.2, -0.15) is 0 Å². The maximum atomic E-state index is 5.82. The minimum Gasteiger partial charge on any atom is -0.492 e. The summed E-state index contributed by atoms with van der Waals surface area (Å²) in [4.78, 5) is 10.8. The van der Waals surface area contributed by atoms with Crippen molar-refractivity contribution in [1.29, 1.82) is 0 Å². The summed E-state index contributed by atoms with van der Waals surface area (Å²) in [5.41, 5.74) is 3.10. The Balaban J connectivity index is 0.00000225. The molecule has 0 unspecified atom stereocenters. The lowest BCUT2D eigenvalue weighted by atomic mass is 10.2. The van der Waals surface area contributed by atoms with Crippen molar-refractivity contribution >= 4 is 39.4 Å². The molecule has 0 saturated carbocycles. The Bertz CT molecular complexity index is 839. The van der Waals surface area contributed by atoms with Gasteiger partial charge in [-0.3, -0.25) is 0 Å². The highest BCUT2D eigenvalue weighted by Gasteiger charge is 2.06. The lowest BCUT2D eigenvalue weighted by Crippen LogP contribution is -2.19. The van der Waals surface area contributed by atoms with Crippen LogP contribution in [0.15, 0.2) is 48.8 Å². The number of anilines is 2. The van der Waals surface area contributed by atoms with Crippen molar-refractivity contribution in [3.63, 3.8) is 0 Å². The summed E-state index contributed by atoms with van der Waals surface area (Å²) in [6.07, 6.45) is 1.58. The van der Waals surface area contributed by atoms with E-state index >= 15 is 0 Å². The summed E-state index contributed by atoms with van der Waals surface area (Å²) in [5.74, 6) is 1.61. The molecule has 1 heterocycles. The fourth-order valence-corrected chi connectivity index (χ4v) is 2.43. The Morgan fingerprint density at radius 3 is 2.68 bits per heavy atom. The van der Waals surface area contributed by atoms with Gasteiger partial charge in [0.15, 0.2) is 0 Å². The van der Waals surface area contributed by atoms with Crippen LogP contribution in [0.25, 0.3) is 10.9 Å². The van der Waals surface area contributed by atoms with Crippen LogP contribution in [0, 0.1) is 6.92 Å². The second-order valence-corrected chi connectivity index (χ2v) is 6.05. The third-order valence-electron chi connectivity index (χ3n) is 3.69. The summed E-state index contributed by atoms with van der Waals surface area (Å²) < 4.78 is 5.82. The number of ether oxygens (including phenoxy) is 1. The van der Waals surface area contributed by atoms with E-state index in [4.69, 9.17) is 4.74 Å². The van der Waals surface area contributed by atoms with Crippen LogP contribution in [0.4, 0.5) is 11.5 Å². The molecular weight excluding hydrogens is 380 g/mol. The molecule has 1 N–H and O–H groups in total. The first kappa shape index (κ1) is 19.1. The Hall–Kier alpha value is -2.18. The third-order valence-corrected chi connectivity index (χ3v) is 3.69. The molecule has 1 aromatic heterocycles. The normalized spacial score (nSPS) is 10.6. The zero-order chi connectivity index (χ0) is 16.9. The first-order valence-corrected chi connectivity index (χ1v) is 7.98. The molecule has 0 aliphatic heterocycles. The molecule has 0 bridgehead atoms. The van der Waals surface area contributed by atoms with Crippen LogP contribution in [0.1, 0.15) is 5.56 Å². The summed E-state index contributed by atoms with van der Waals surface area (Å²) in [6.45, 7) is 3.59. The molecule has 3 aromatic rings. The number of rotatable bonds is 6. The van der Waals surface area contributed by atoms with E-state index in [2.05, 4.69) is 39.2 Å². The van der Waals surface area contributed by atoms with Gasteiger partial charge < -0.3 is 15.0 Å². The van der Waals surface area contributed by atoms with Crippen molar-refractivity contribution in [2.24, 2.45) is 0 Å². The van der Waals surface area contributed by atoms with Crippen molar-refractivity contribution in [3.05, 3.63) is 54.4 Å². The van der Waals surface area contributed by atoms with Crippen LogP contribution >= 0.6 is 17.0 Å². The third kappa shape index (κ3) is 5.14. The number of aryl methyl sites for hydroxylation is 1. The topological polar surface area (TPSA) is 50.3 Å². The molecular formula is C19H23BrN4O. The van der Waals surface area contributed by atoms with Gasteiger partial charge in [0.05, 0.1) is 5.52 Å². The van der Waals surface area contributed by atoms with Crippen LogP contribution < -0.4 is 10.1 Å². The van der Waals surface area contributed by atoms with Crippen LogP contribution in [0.3, 0.4) is 0 Å². The van der Waals surface area contributed by atoms with Gasteiger partial charge in [0.1, 0.15) is 24.5 Å². The number of fused-ring (bicyclic) bond motifs is 1. The largest absolute Gasteiger partial charge is 0.492 e. The van der Waals surface area contributed by atoms with Crippen molar-refractivity contribution in [2.45, 2.75) is 6.92 Å². The molecule has 0 amide bonds. The molecule has 3 rings (SSSR count). The maximum Gasteiger partial charge on any atom is 0.141 e. The molecule has 0 aliphatic carbocycles. The van der Waals surface area contributed by atoms with Crippen LogP contribution in [-0.4, -0.2) is 42.1 Å². The number of nitrogens with zero attached hydrogens (tertiary/aromatic N) is 3. The lowest BCUT2D eigenvalue weighted by Gasteiger charge is -2.13. The second kappa shape index (κ2) is 8.78. The van der Waals surface area contributed by atoms with Gasteiger partial charge in [0.25, 0.3) is 0 Å². The van der Waals surface area contributed by atoms with E-state index in [1.807, 2.05) is 44.4 Å². The van der Waals surface area contributed by atoms with Gasteiger partial charge in [0.2, 0.25) is 0 Å². The van der Waals surface area contributed by atoms with Crippen molar-refractivity contribution < 1.29 is 4.74 Å². The monoisotopic (exact) mass is 402 g/mol. The number of likely N-dealkylation sites (N-methyl/N-ethyl adjacent to an activating group) is 1. The predicted molar refractivity (Wildman–Crippen MR) is 108 cm³/mol. The highest BCUT2D eigenvalue weighted by molar-refractivity contribution is 8.93. The Morgan fingerprint density at radius 2 is 1.92 bits per heavy atom. The zero-order valence-corrected chi connectivity index (χ0v) is 16.4. The van der Waals surface area contributed by atoms with Gasteiger partial charge in [-0.25, -0.2) is 9.97 Å². The van der Waals surface area contributed by atoms with E-state index in [-0.39, 0.29) is 17.0 Å². The van der Waals surface area contributed by atoms with Crippen LogP contribution in [-0.2, 0) is 0 Å². The Morgan fingerprint density at radius 1 is 1.08 bits per heavy atom. The van der Waals surface area contributed by atoms with E-state index in [1.165, 1.54) is 5.56 Å². The summed E-state index contributed by atoms with van der Waals surface area (Å²) in [7, 11) is 4.06. The minimum atomic E-state index is 0. The SMILES string of the molecule is Br.Cc1cccc(Nc2ncnc3ccc(OCCN(C)C)cc23)c1. The van der Waals surface area contributed by atoms with Gasteiger partial charge in [-0.15, -0.1) is 17.0 Å². The van der Waals surface area contributed by atoms with Gasteiger partial charge in [-0.1, -0.05) is 12.1 Å². The smallest absolute Gasteiger partial charge is 0.141 e. The van der Waals surface area contributed by atoms with E-state index < -0.39 is 0 Å². The quantitative estimate of drug-likeness (QED) is 0.669. The molecule has 0 radical (unpaired) electrons. The molecule has 0 atom stereocenters. The highest BCUT2D eigenvalue weighted by Crippen LogP contribution is 2.27. The lowest BCUT2D eigenvalue weighted by molar-refractivity contribution is 0.261. The Labute approximate surface area is 158 Å². The molecule has 0 spiro atoms. The van der Waals surface area contributed by atoms with Crippen molar-refractivity contribution in [1.82, 2.24) is 14.9 Å². The molecule has 5 nitrogen and oxygen atoms in total. The van der Waals surface area contributed by atoms with Gasteiger partial charge in [-0.05, 0) is 56.9 Å². The molecule has 6 heteroatoms. The number of aromatic nitrogens is 2. The van der Waals surface area contributed by atoms with Crippen LogP contribution in [0.2, 0.25) is 0 Å². The first-order valence-electron chi connectivity index (χ1n) is 7.98. The maximum absolute atomic E-state index is 5.82. The summed E-state index contributed by atoms with van der Waals surface area (Å²) >= 11 is 0. The predicted octanol–water partition coefficient (Wildman–Crippen LogP) is 4.20. The summed E-state index contributed by atoms with van der Waals surface area (Å²) in [6, 6.07) is 14.1. The molecule has 25 heavy (non-hydrogen) atoms. The second-order valence-electron chi connectivity index (χ2n) is 6.05. The van der Waals surface area contributed by atoms with E-state index in [0.717, 1.165) is 34.7 Å². The molecule has 0 aliphatic rings. The molecule has 0 saturated heterocycles. The number of halogens is 1. The molecule has 0 fully saturated rings. The fraction of sp³-hybridized carbons (Fsp3) is 0.263. The Kier molecular flexibility index (Phi) is 6.73. The summed E-state index contributed by atoms with van der Waals surface area (Å²) in [5, 5.41) is 4.32. The van der Waals surface area contributed by atoms with Crippen molar-refractivity contribution in [3.8, 4) is 5.75 Å². The molecule has 2 aromatic carbocycles. The molecule has 132 valence electrons. The number of hydrogen-bond acceptors (Lipinski definition) is 5. The number of nitrogens with one attached hydrogen (secondary N) is 1. The zero-order valence-electron chi connectivity index (χ0n) is 14.7. The van der Waals surface area contributed by atoms with E-state index in [9.17, 15) is 0 Å². The highest BCUT2D eigenvalue weighted by atomic mass is 79.9. The van der Waals surface area contributed by atoms with Gasteiger partial charge >= 0.3 is 0 Å². The average molecular weight is 403 g/mol. The number of hydrogen-bond donors (Lipinski definition) is 1.